The van der Waals surface area contributed by atoms with E-state index >= 15 is 0 Å². The first-order valence-electron chi connectivity index (χ1n) is 8.25. The molecule has 1 aliphatic heterocycles. The van der Waals surface area contributed by atoms with Crippen molar-refractivity contribution >= 4 is 31.4 Å². The summed E-state index contributed by atoms with van der Waals surface area (Å²) in [5, 5.41) is 7.01. The molecule has 0 spiro atoms. The smallest absolute Gasteiger partial charge is 0.240 e. The molecule has 0 aliphatic carbocycles. The Morgan fingerprint density at radius 2 is 1.70 bits per heavy atom. The number of ether oxygens (including phenoxy) is 1. The zero-order valence-corrected chi connectivity index (χ0v) is 16.9. The number of benzene rings is 1. The van der Waals surface area contributed by atoms with Gasteiger partial charge in [-0.15, -0.1) is 11.3 Å². The van der Waals surface area contributed by atoms with E-state index in [0.29, 0.717) is 13.2 Å². The lowest BCUT2D eigenvalue weighted by Gasteiger charge is -2.34. The second kappa shape index (κ2) is 8.35. The highest BCUT2D eigenvalue weighted by Gasteiger charge is 2.26. The Morgan fingerprint density at radius 3 is 2.26 bits per heavy atom. The van der Waals surface area contributed by atoms with Crippen molar-refractivity contribution in [3.8, 4) is 0 Å². The molecule has 11 heteroatoms. The number of nitrogens with zero attached hydrogens (tertiary/aromatic N) is 1. The lowest BCUT2D eigenvalue weighted by Crippen LogP contribution is -2.43. The zero-order valence-electron chi connectivity index (χ0n) is 14.4. The summed E-state index contributed by atoms with van der Waals surface area (Å²) >= 11 is 1.58. The summed E-state index contributed by atoms with van der Waals surface area (Å²) in [6.45, 7) is 2.90. The fourth-order valence-corrected chi connectivity index (χ4v) is 5.27. The van der Waals surface area contributed by atoms with Crippen LogP contribution in [0.25, 0.3) is 0 Å². The summed E-state index contributed by atoms with van der Waals surface area (Å²) < 4.78 is 55.9. The second-order valence-corrected chi connectivity index (χ2v) is 10.4. The molecule has 1 aromatic carbocycles. The number of rotatable bonds is 7. The Hall–Kier alpha value is -1.34. The minimum Gasteiger partial charge on any atom is -0.379 e. The van der Waals surface area contributed by atoms with E-state index in [-0.39, 0.29) is 22.4 Å². The molecule has 27 heavy (non-hydrogen) atoms. The predicted octanol–water partition coefficient (Wildman–Crippen LogP) is 0.747. The van der Waals surface area contributed by atoms with Crippen LogP contribution in [-0.2, 0) is 24.8 Å². The van der Waals surface area contributed by atoms with Gasteiger partial charge in [-0.3, -0.25) is 4.90 Å². The minimum atomic E-state index is -3.87. The number of morpholine rings is 1. The lowest BCUT2D eigenvalue weighted by molar-refractivity contribution is 0.0179. The van der Waals surface area contributed by atoms with Gasteiger partial charge in [0, 0.05) is 24.5 Å². The van der Waals surface area contributed by atoms with Crippen molar-refractivity contribution in [1.29, 1.82) is 0 Å². The fraction of sp³-hybridized carbons (Fsp3) is 0.375. The number of nitrogens with two attached hydrogens (primary N) is 1. The van der Waals surface area contributed by atoms with Gasteiger partial charge in [-0.2, -0.15) is 0 Å². The molecule has 0 amide bonds. The van der Waals surface area contributed by atoms with Gasteiger partial charge in [-0.25, -0.2) is 26.7 Å². The summed E-state index contributed by atoms with van der Waals surface area (Å²) in [6.07, 6.45) is 0. The van der Waals surface area contributed by atoms with Crippen LogP contribution in [-0.4, -0.2) is 54.6 Å². The molecule has 0 saturated carbocycles. The summed E-state index contributed by atoms with van der Waals surface area (Å²) in [6, 6.07) is 8.67. The molecule has 2 aromatic rings. The number of sulfonamides is 2. The standard InChI is InChI=1S/C16H21N3O5S3/c17-26(20,21)13-3-5-14(6-4-13)27(22,23)18-12-15(16-2-1-11-25-16)19-7-9-24-10-8-19/h1-6,11,15,18H,7-10,12H2,(H2,17,20,21)/t15-/m0/s1. The molecule has 2 heterocycles. The van der Waals surface area contributed by atoms with Crippen LogP contribution in [0.2, 0.25) is 0 Å². The largest absolute Gasteiger partial charge is 0.379 e. The summed E-state index contributed by atoms with van der Waals surface area (Å²) in [5.41, 5.74) is 0. The van der Waals surface area contributed by atoms with Crippen LogP contribution in [0, 0.1) is 0 Å². The second-order valence-electron chi connectivity index (χ2n) is 6.05. The highest BCUT2D eigenvalue weighted by atomic mass is 32.2. The third-order valence-electron chi connectivity index (χ3n) is 4.29. The Kier molecular flexibility index (Phi) is 6.31. The lowest BCUT2D eigenvalue weighted by atomic mass is 10.2. The molecule has 0 radical (unpaired) electrons. The molecule has 1 fully saturated rings. The van der Waals surface area contributed by atoms with Crippen LogP contribution < -0.4 is 9.86 Å². The number of hydrogen-bond acceptors (Lipinski definition) is 7. The van der Waals surface area contributed by atoms with Crippen molar-refractivity contribution in [2.24, 2.45) is 5.14 Å². The summed E-state index contributed by atoms with van der Waals surface area (Å²) in [4.78, 5) is 3.12. The molecule has 1 aliphatic rings. The Morgan fingerprint density at radius 1 is 1.07 bits per heavy atom. The van der Waals surface area contributed by atoms with Crippen molar-refractivity contribution in [3.05, 3.63) is 46.7 Å². The average Bonchev–Trinajstić information content (AvgIpc) is 3.16. The summed E-state index contributed by atoms with van der Waals surface area (Å²) in [7, 11) is -7.65. The third kappa shape index (κ3) is 5.13. The van der Waals surface area contributed by atoms with Crippen molar-refractivity contribution in [2.75, 3.05) is 32.8 Å². The fourth-order valence-electron chi connectivity index (χ4n) is 2.86. The highest BCUT2D eigenvalue weighted by Crippen LogP contribution is 2.26. The molecule has 1 aromatic heterocycles. The van der Waals surface area contributed by atoms with E-state index in [0.717, 1.165) is 18.0 Å². The Bertz CT molecular complexity index is 951. The van der Waals surface area contributed by atoms with E-state index in [1.165, 1.54) is 24.3 Å². The van der Waals surface area contributed by atoms with Crippen molar-refractivity contribution in [2.45, 2.75) is 15.8 Å². The molecule has 3 N–H and O–H groups in total. The maximum absolute atomic E-state index is 12.6. The quantitative estimate of drug-likeness (QED) is 0.668. The molecule has 1 saturated heterocycles. The summed E-state index contributed by atoms with van der Waals surface area (Å²) in [5.74, 6) is 0. The number of nitrogens with one attached hydrogen (secondary N) is 1. The molecule has 0 bridgehead atoms. The number of thiophene rings is 1. The van der Waals surface area contributed by atoms with Crippen LogP contribution in [0.5, 0.6) is 0 Å². The van der Waals surface area contributed by atoms with Crippen molar-refractivity contribution in [1.82, 2.24) is 9.62 Å². The van der Waals surface area contributed by atoms with Gasteiger partial charge in [0.05, 0.1) is 29.0 Å². The van der Waals surface area contributed by atoms with Crippen LogP contribution in [0.3, 0.4) is 0 Å². The number of primary sulfonamides is 1. The van der Waals surface area contributed by atoms with Gasteiger partial charge < -0.3 is 4.74 Å². The first kappa shape index (κ1) is 20.4. The SMILES string of the molecule is NS(=O)(=O)c1ccc(S(=O)(=O)NC[C@@H](c2cccs2)N2CCOCC2)cc1. The van der Waals surface area contributed by atoms with Gasteiger partial charge in [0.15, 0.2) is 0 Å². The van der Waals surface area contributed by atoms with Gasteiger partial charge >= 0.3 is 0 Å². The van der Waals surface area contributed by atoms with E-state index in [9.17, 15) is 16.8 Å². The average molecular weight is 432 g/mol. The monoisotopic (exact) mass is 431 g/mol. The Balaban J connectivity index is 1.75. The normalized spacial score (nSPS) is 17.7. The van der Waals surface area contributed by atoms with E-state index in [1.54, 1.807) is 11.3 Å². The molecule has 148 valence electrons. The highest BCUT2D eigenvalue weighted by molar-refractivity contribution is 7.89. The minimum absolute atomic E-state index is 0.0122. The van der Waals surface area contributed by atoms with Gasteiger partial charge in [0.25, 0.3) is 0 Å². The molecule has 8 nitrogen and oxygen atoms in total. The van der Waals surface area contributed by atoms with Gasteiger partial charge in [0.1, 0.15) is 0 Å². The van der Waals surface area contributed by atoms with E-state index in [2.05, 4.69) is 9.62 Å². The molecule has 0 unspecified atom stereocenters. The van der Waals surface area contributed by atoms with E-state index in [1.807, 2.05) is 17.5 Å². The van der Waals surface area contributed by atoms with Crippen molar-refractivity contribution < 1.29 is 21.6 Å². The van der Waals surface area contributed by atoms with Gasteiger partial charge in [-0.05, 0) is 35.7 Å². The van der Waals surface area contributed by atoms with Gasteiger partial charge in [-0.1, -0.05) is 6.07 Å². The first-order chi connectivity index (χ1) is 12.8. The molecule has 1 atom stereocenters. The maximum atomic E-state index is 12.6. The zero-order chi connectivity index (χ0) is 19.5. The molecule has 3 rings (SSSR count). The molecular weight excluding hydrogens is 410 g/mol. The topological polar surface area (TPSA) is 119 Å². The first-order valence-corrected chi connectivity index (χ1v) is 12.2. The number of hydrogen-bond donors (Lipinski definition) is 2. The van der Waals surface area contributed by atoms with Gasteiger partial charge in [0.2, 0.25) is 20.0 Å². The van der Waals surface area contributed by atoms with E-state index in [4.69, 9.17) is 9.88 Å². The van der Waals surface area contributed by atoms with Crippen LogP contribution in [0.4, 0.5) is 0 Å². The van der Waals surface area contributed by atoms with E-state index < -0.39 is 20.0 Å². The predicted molar refractivity (Wildman–Crippen MR) is 102 cm³/mol. The van der Waals surface area contributed by atoms with Crippen LogP contribution >= 0.6 is 11.3 Å². The maximum Gasteiger partial charge on any atom is 0.240 e. The Labute approximate surface area is 163 Å². The van der Waals surface area contributed by atoms with Crippen LogP contribution in [0.15, 0.2) is 51.6 Å². The molecular formula is C16H21N3O5S3. The van der Waals surface area contributed by atoms with Crippen LogP contribution in [0.1, 0.15) is 10.9 Å². The van der Waals surface area contributed by atoms with Crippen molar-refractivity contribution in [3.63, 3.8) is 0 Å². The third-order valence-corrected chi connectivity index (χ3v) is 7.63.